The Labute approximate surface area is 113 Å². The van der Waals surface area contributed by atoms with Crippen LogP contribution >= 0.6 is 0 Å². The Morgan fingerprint density at radius 1 is 0.700 bits per heavy atom. The average Bonchev–Trinajstić information content (AvgIpc) is 2.41. The van der Waals surface area contributed by atoms with E-state index in [2.05, 4.69) is 0 Å². The van der Waals surface area contributed by atoms with Crippen LogP contribution in [-0.4, -0.2) is 23.1 Å². The number of nitrogens with two attached hydrogens (primary N) is 2. The first-order valence-electron chi connectivity index (χ1n) is 5.95. The van der Waals surface area contributed by atoms with Crippen molar-refractivity contribution in [2.75, 3.05) is 0 Å². The van der Waals surface area contributed by atoms with E-state index in [1.807, 2.05) is 0 Å². The number of hydrogen-bond acceptors (Lipinski definition) is 6. The van der Waals surface area contributed by atoms with E-state index in [4.69, 9.17) is 11.5 Å². The number of rotatable bonds is 0. The Kier molecular flexibility index (Phi) is 2.37. The minimum atomic E-state index is -1.29. The molecule has 0 aromatic carbocycles. The van der Waals surface area contributed by atoms with Gasteiger partial charge in [0.15, 0.2) is 23.1 Å². The van der Waals surface area contributed by atoms with Gasteiger partial charge in [0, 0.05) is 22.5 Å². The predicted octanol–water partition coefficient (Wildman–Crippen LogP) is -0.926. The molecule has 0 saturated heterocycles. The van der Waals surface area contributed by atoms with Crippen LogP contribution in [0.3, 0.4) is 0 Å². The standard InChI is InChI=1S/C14H10N2O4/c15-5-1-3-7(17)11-9(5)13(19)10-6(16)2-4-8(18)12(10)14(11)20/h1-4,11-12H,15-16H2. The maximum Gasteiger partial charge on any atom is 0.191 e. The summed E-state index contributed by atoms with van der Waals surface area (Å²) in [5.74, 6) is -4.87. The molecule has 2 atom stereocenters. The first-order chi connectivity index (χ1) is 9.43. The van der Waals surface area contributed by atoms with Crippen molar-refractivity contribution in [1.29, 1.82) is 0 Å². The molecule has 100 valence electrons. The Morgan fingerprint density at radius 3 is 1.50 bits per heavy atom. The van der Waals surface area contributed by atoms with Gasteiger partial charge >= 0.3 is 0 Å². The number of allylic oxidation sites excluding steroid dienone is 6. The third-order valence-electron chi connectivity index (χ3n) is 3.68. The summed E-state index contributed by atoms with van der Waals surface area (Å²) >= 11 is 0. The van der Waals surface area contributed by atoms with Gasteiger partial charge in [0.2, 0.25) is 0 Å². The SMILES string of the molecule is NC1=C2C(=O)C3=C(N)C=CC(=O)C3C(=O)C2C(=O)C=C1. The minimum absolute atomic E-state index is 0.0636. The zero-order valence-corrected chi connectivity index (χ0v) is 10.3. The highest BCUT2D eigenvalue weighted by Crippen LogP contribution is 2.38. The van der Waals surface area contributed by atoms with E-state index >= 15 is 0 Å². The van der Waals surface area contributed by atoms with Gasteiger partial charge in [-0.05, 0) is 24.3 Å². The van der Waals surface area contributed by atoms with Crippen molar-refractivity contribution in [2.24, 2.45) is 23.3 Å². The smallest absolute Gasteiger partial charge is 0.191 e. The molecular weight excluding hydrogens is 260 g/mol. The van der Waals surface area contributed by atoms with Gasteiger partial charge in [-0.2, -0.15) is 0 Å². The van der Waals surface area contributed by atoms with E-state index in [9.17, 15) is 19.2 Å². The third-order valence-corrected chi connectivity index (χ3v) is 3.68. The summed E-state index contributed by atoms with van der Waals surface area (Å²) in [5, 5.41) is 0. The first-order valence-corrected chi connectivity index (χ1v) is 5.95. The van der Waals surface area contributed by atoms with Gasteiger partial charge in [-0.3, -0.25) is 19.2 Å². The van der Waals surface area contributed by atoms with Crippen LogP contribution in [0.15, 0.2) is 46.8 Å². The monoisotopic (exact) mass is 270 g/mol. The molecule has 2 unspecified atom stereocenters. The molecule has 0 aliphatic heterocycles. The number of carbonyl (C=O) groups is 4. The lowest BCUT2D eigenvalue weighted by atomic mass is 9.66. The zero-order valence-electron chi connectivity index (χ0n) is 10.3. The molecule has 0 heterocycles. The van der Waals surface area contributed by atoms with Crippen molar-refractivity contribution in [1.82, 2.24) is 0 Å². The molecule has 0 spiro atoms. The molecule has 4 N–H and O–H groups in total. The average molecular weight is 270 g/mol. The van der Waals surface area contributed by atoms with Crippen molar-refractivity contribution in [3.05, 3.63) is 46.8 Å². The van der Waals surface area contributed by atoms with E-state index in [0.717, 1.165) is 12.2 Å². The molecule has 3 aliphatic rings. The Hall–Kier alpha value is -2.76. The molecule has 6 heteroatoms. The topological polar surface area (TPSA) is 120 Å². The minimum Gasteiger partial charge on any atom is -0.398 e. The van der Waals surface area contributed by atoms with Crippen molar-refractivity contribution in [2.45, 2.75) is 0 Å². The van der Waals surface area contributed by atoms with Gasteiger partial charge in [-0.25, -0.2) is 0 Å². The van der Waals surface area contributed by atoms with Crippen LogP contribution in [-0.2, 0) is 19.2 Å². The summed E-state index contributed by atoms with van der Waals surface area (Å²) in [5.41, 5.74) is 11.4. The number of fused-ring (bicyclic) bond motifs is 2. The Morgan fingerprint density at radius 2 is 1.10 bits per heavy atom. The maximum atomic E-state index is 12.5. The molecule has 0 aromatic rings. The highest BCUT2D eigenvalue weighted by atomic mass is 16.2. The first kappa shape index (κ1) is 12.3. The fraction of sp³-hybridized carbons (Fsp3) is 0.143. The van der Waals surface area contributed by atoms with Crippen LogP contribution in [0.2, 0.25) is 0 Å². The molecule has 6 nitrogen and oxygen atoms in total. The van der Waals surface area contributed by atoms with Gasteiger partial charge in [-0.1, -0.05) is 0 Å². The van der Waals surface area contributed by atoms with E-state index in [1.54, 1.807) is 0 Å². The van der Waals surface area contributed by atoms with E-state index in [1.165, 1.54) is 12.2 Å². The highest BCUT2D eigenvalue weighted by Gasteiger charge is 2.51. The lowest BCUT2D eigenvalue weighted by molar-refractivity contribution is -0.138. The second-order valence-corrected chi connectivity index (χ2v) is 4.81. The van der Waals surface area contributed by atoms with Crippen molar-refractivity contribution < 1.29 is 19.2 Å². The number of hydrogen-bond donors (Lipinski definition) is 2. The number of Topliss-reactive ketones (excluding diaryl/α,β-unsaturated/α-hetero) is 2. The normalized spacial score (nSPS) is 29.0. The third kappa shape index (κ3) is 1.38. The van der Waals surface area contributed by atoms with Crippen LogP contribution in [0.5, 0.6) is 0 Å². The second-order valence-electron chi connectivity index (χ2n) is 4.81. The molecular formula is C14H10N2O4. The fourth-order valence-corrected chi connectivity index (χ4v) is 2.73. The summed E-state index contributed by atoms with van der Waals surface area (Å²) in [6, 6.07) is 0. The van der Waals surface area contributed by atoms with Crippen molar-refractivity contribution in [3.63, 3.8) is 0 Å². The molecule has 0 bridgehead atoms. The number of carbonyl (C=O) groups excluding carboxylic acids is 4. The summed E-state index contributed by atoms with van der Waals surface area (Å²) in [4.78, 5) is 48.6. The van der Waals surface area contributed by atoms with Gasteiger partial charge in [0.1, 0.15) is 11.8 Å². The second kappa shape index (κ2) is 3.86. The van der Waals surface area contributed by atoms with E-state index in [0.29, 0.717) is 0 Å². The van der Waals surface area contributed by atoms with Crippen LogP contribution in [0.25, 0.3) is 0 Å². The van der Waals surface area contributed by atoms with Crippen LogP contribution in [0.1, 0.15) is 0 Å². The summed E-state index contributed by atoms with van der Waals surface area (Å²) in [6.07, 6.45) is 4.87. The summed E-state index contributed by atoms with van der Waals surface area (Å²) < 4.78 is 0. The Balaban J connectivity index is 2.28. The number of ketones is 4. The van der Waals surface area contributed by atoms with Crippen LogP contribution in [0, 0.1) is 11.8 Å². The van der Waals surface area contributed by atoms with Crippen LogP contribution < -0.4 is 11.5 Å². The largest absolute Gasteiger partial charge is 0.398 e. The van der Waals surface area contributed by atoms with E-state index < -0.39 is 35.0 Å². The van der Waals surface area contributed by atoms with Gasteiger partial charge in [0.05, 0.1) is 0 Å². The zero-order chi connectivity index (χ0) is 14.6. The van der Waals surface area contributed by atoms with Gasteiger partial charge < -0.3 is 11.5 Å². The highest BCUT2D eigenvalue weighted by molar-refractivity contribution is 6.33. The lowest BCUT2D eigenvalue weighted by Gasteiger charge is -2.32. The van der Waals surface area contributed by atoms with Gasteiger partial charge in [-0.15, -0.1) is 0 Å². The quantitative estimate of drug-likeness (QED) is 0.549. The van der Waals surface area contributed by atoms with E-state index in [-0.39, 0.29) is 22.5 Å². The summed E-state index contributed by atoms with van der Waals surface area (Å²) in [7, 11) is 0. The molecule has 0 aromatic heterocycles. The Bertz CT molecular complexity index is 663. The van der Waals surface area contributed by atoms with Gasteiger partial charge in [0.25, 0.3) is 0 Å². The van der Waals surface area contributed by atoms with Crippen LogP contribution in [0.4, 0.5) is 0 Å². The predicted molar refractivity (Wildman–Crippen MR) is 67.7 cm³/mol. The molecule has 3 rings (SSSR count). The molecule has 0 amide bonds. The molecule has 1 saturated carbocycles. The molecule has 1 fully saturated rings. The maximum absolute atomic E-state index is 12.5. The van der Waals surface area contributed by atoms with Crippen molar-refractivity contribution >= 4 is 23.1 Å². The molecule has 20 heavy (non-hydrogen) atoms. The lowest BCUT2D eigenvalue weighted by Crippen LogP contribution is -2.47. The molecule has 3 aliphatic carbocycles. The summed E-state index contributed by atoms with van der Waals surface area (Å²) in [6.45, 7) is 0. The fourth-order valence-electron chi connectivity index (χ4n) is 2.73. The molecule has 0 radical (unpaired) electrons. The van der Waals surface area contributed by atoms with Crippen molar-refractivity contribution in [3.8, 4) is 0 Å².